The topological polar surface area (TPSA) is 101 Å². The Labute approximate surface area is 155 Å². The van der Waals surface area contributed by atoms with Gasteiger partial charge in [0.05, 0.1) is 10.6 Å². The third kappa shape index (κ3) is 3.94. The first-order valence-electron chi connectivity index (χ1n) is 7.69. The van der Waals surface area contributed by atoms with Gasteiger partial charge in [-0.15, -0.1) is 11.3 Å². The lowest BCUT2D eigenvalue weighted by atomic mass is 10.3. The van der Waals surface area contributed by atoms with Gasteiger partial charge in [0.1, 0.15) is 4.90 Å². The predicted octanol–water partition coefficient (Wildman–Crippen LogP) is 3.78. The molecule has 26 heavy (non-hydrogen) atoms. The smallest absolute Gasteiger partial charge is 0.263 e. The van der Waals surface area contributed by atoms with Crippen molar-refractivity contribution in [2.45, 2.75) is 25.7 Å². The van der Waals surface area contributed by atoms with Gasteiger partial charge in [0.2, 0.25) is 5.91 Å². The van der Waals surface area contributed by atoms with E-state index in [0.717, 1.165) is 5.69 Å². The molecule has 0 atom stereocenters. The Kier molecular flexibility index (Phi) is 4.84. The number of aromatic nitrogens is 1. The fourth-order valence-corrected chi connectivity index (χ4v) is 4.97. The maximum Gasteiger partial charge on any atom is 0.263 e. The average molecular weight is 391 g/mol. The summed E-state index contributed by atoms with van der Waals surface area (Å²) in [6.07, 6.45) is 0. The molecule has 0 bridgehead atoms. The summed E-state index contributed by atoms with van der Waals surface area (Å²) in [5, 5.41) is 6.46. The molecule has 0 aliphatic carbocycles. The summed E-state index contributed by atoms with van der Waals surface area (Å²) in [4.78, 5) is 12.6. The quantitative estimate of drug-likeness (QED) is 0.689. The van der Waals surface area contributed by atoms with Crippen LogP contribution >= 0.6 is 11.3 Å². The molecule has 9 heteroatoms. The van der Waals surface area contributed by atoms with Crippen LogP contribution in [-0.2, 0) is 14.8 Å². The van der Waals surface area contributed by atoms with E-state index in [0.29, 0.717) is 26.9 Å². The number of nitrogens with zero attached hydrogens (tertiary/aromatic N) is 1. The van der Waals surface area contributed by atoms with Gasteiger partial charge < -0.3 is 9.84 Å². The number of carbonyl (C=O) groups excluding carboxylic acids is 1. The van der Waals surface area contributed by atoms with Crippen molar-refractivity contribution in [3.05, 3.63) is 47.0 Å². The Morgan fingerprint density at radius 2 is 1.77 bits per heavy atom. The number of anilines is 2. The summed E-state index contributed by atoms with van der Waals surface area (Å²) in [6, 6.07) is 9.77. The van der Waals surface area contributed by atoms with Gasteiger partial charge in [0, 0.05) is 29.2 Å². The van der Waals surface area contributed by atoms with Gasteiger partial charge in [-0.05, 0) is 44.2 Å². The fraction of sp³-hybridized carbons (Fsp3) is 0.176. The van der Waals surface area contributed by atoms with Crippen molar-refractivity contribution in [1.29, 1.82) is 0 Å². The second-order valence-electron chi connectivity index (χ2n) is 5.73. The molecular formula is C17H17N3O4S2. The molecule has 0 saturated heterocycles. The number of amides is 1. The lowest BCUT2D eigenvalue weighted by Crippen LogP contribution is -2.13. The van der Waals surface area contributed by atoms with Crippen LogP contribution in [0.1, 0.15) is 17.5 Å². The van der Waals surface area contributed by atoms with Crippen LogP contribution in [0.5, 0.6) is 0 Å². The SMILES string of the molecule is CC(=O)Nc1ccc(NS(=O)(=O)c2cc(-c3cc(C)no3)sc2C)cc1. The summed E-state index contributed by atoms with van der Waals surface area (Å²) in [7, 11) is -3.75. The van der Waals surface area contributed by atoms with Crippen LogP contribution in [0, 0.1) is 13.8 Å². The van der Waals surface area contributed by atoms with E-state index in [9.17, 15) is 13.2 Å². The van der Waals surface area contributed by atoms with Gasteiger partial charge in [0.25, 0.3) is 10.0 Å². The zero-order chi connectivity index (χ0) is 18.9. The number of aryl methyl sites for hydroxylation is 2. The van der Waals surface area contributed by atoms with Crippen LogP contribution in [0.25, 0.3) is 10.6 Å². The van der Waals surface area contributed by atoms with Crippen molar-refractivity contribution in [3.8, 4) is 10.6 Å². The molecule has 1 aromatic carbocycles. The average Bonchev–Trinajstić information content (AvgIpc) is 3.15. The van der Waals surface area contributed by atoms with Crippen molar-refractivity contribution >= 4 is 38.6 Å². The molecule has 136 valence electrons. The summed E-state index contributed by atoms with van der Waals surface area (Å²) < 4.78 is 33.2. The van der Waals surface area contributed by atoms with Gasteiger partial charge >= 0.3 is 0 Å². The molecule has 0 fully saturated rings. The van der Waals surface area contributed by atoms with E-state index in [2.05, 4.69) is 15.2 Å². The Morgan fingerprint density at radius 1 is 1.12 bits per heavy atom. The molecule has 7 nitrogen and oxygen atoms in total. The number of sulfonamides is 1. The zero-order valence-electron chi connectivity index (χ0n) is 14.4. The summed E-state index contributed by atoms with van der Waals surface area (Å²) >= 11 is 1.33. The molecule has 0 radical (unpaired) electrons. The Morgan fingerprint density at radius 3 is 2.35 bits per heavy atom. The summed E-state index contributed by atoms with van der Waals surface area (Å²) in [5.74, 6) is 0.346. The van der Waals surface area contributed by atoms with Crippen LogP contribution in [0.3, 0.4) is 0 Å². The maximum absolute atomic E-state index is 12.7. The van der Waals surface area contributed by atoms with Gasteiger partial charge in [-0.1, -0.05) is 5.16 Å². The van der Waals surface area contributed by atoms with E-state index in [-0.39, 0.29) is 10.8 Å². The van der Waals surface area contributed by atoms with E-state index in [1.807, 2.05) is 0 Å². The monoisotopic (exact) mass is 391 g/mol. The standard InChI is InChI=1S/C17H17N3O4S2/c1-10-8-15(24-19-10)16-9-17(11(2)25-16)26(22,23)20-14-6-4-13(5-7-14)18-12(3)21/h4-9,20H,1-3H3,(H,18,21). The van der Waals surface area contributed by atoms with Crippen molar-refractivity contribution in [3.63, 3.8) is 0 Å². The third-order valence-corrected chi connectivity index (χ3v) is 6.19. The third-order valence-electron chi connectivity index (χ3n) is 3.49. The van der Waals surface area contributed by atoms with Gasteiger partial charge in [-0.3, -0.25) is 9.52 Å². The van der Waals surface area contributed by atoms with E-state index >= 15 is 0 Å². The highest BCUT2D eigenvalue weighted by molar-refractivity contribution is 7.93. The first-order valence-corrected chi connectivity index (χ1v) is 9.99. The predicted molar refractivity (Wildman–Crippen MR) is 101 cm³/mol. The second-order valence-corrected chi connectivity index (χ2v) is 8.63. The van der Waals surface area contributed by atoms with Crippen LogP contribution in [0.15, 0.2) is 45.8 Å². The molecule has 3 aromatic rings. The number of nitrogens with one attached hydrogen (secondary N) is 2. The molecule has 2 aromatic heterocycles. The number of thiophene rings is 1. The lowest BCUT2D eigenvalue weighted by Gasteiger charge is -2.08. The number of benzene rings is 1. The van der Waals surface area contributed by atoms with Crippen molar-refractivity contribution in [2.24, 2.45) is 0 Å². The van der Waals surface area contributed by atoms with Gasteiger partial charge in [-0.2, -0.15) is 0 Å². The van der Waals surface area contributed by atoms with Crippen LogP contribution in [0.2, 0.25) is 0 Å². The first-order chi connectivity index (χ1) is 12.2. The minimum atomic E-state index is -3.75. The van der Waals surface area contributed by atoms with E-state index in [4.69, 9.17) is 4.52 Å². The van der Waals surface area contributed by atoms with Crippen molar-refractivity contribution in [2.75, 3.05) is 10.0 Å². The molecule has 0 aliphatic rings. The zero-order valence-corrected chi connectivity index (χ0v) is 16.0. The van der Waals surface area contributed by atoms with Crippen molar-refractivity contribution < 1.29 is 17.7 Å². The molecule has 2 N–H and O–H groups in total. The van der Waals surface area contributed by atoms with E-state index < -0.39 is 10.0 Å². The second kappa shape index (κ2) is 6.93. The highest BCUT2D eigenvalue weighted by Gasteiger charge is 2.22. The first kappa shape index (κ1) is 18.2. The Bertz CT molecular complexity index is 1050. The molecule has 1 amide bonds. The Balaban J connectivity index is 1.84. The number of hydrogen-bond acceptors (Lipinski definition) is 6. The van der Waals surface area contributed by atoms with Crippen LogP contribution in [-0.4, -0.2) is 19.5 Å². The lowest BCUT2D eigenvalue weighted by molar-refractivity contribution is -0.114. The molecule has 0 saturated carbocycles. The van der Waals surface area contributed by atoms with Crippen LogP contribution < -0.4 is 10.0 Å². The van der Waals surface area contributed by atoms with Gasteiger partial charge in [0.15, 0.2) is 5.76 Å². The normalized spacial score (nSPS) is 11.3. The molecule has 3 rings (SSSR count). The number of carbonyl (C=O) groups is 1. The summed E-state index contributed by atoms with van der Waals surface area (Å²) in [5.41, 5.74) is 1.73. The number of rotatable bonds is 5. The highest BCUT2D eigenvalue weighted by atomic mass is 32.2. The summed E-state index contributed by atoms with van der Waals surface area (Å²) in [6.45, 7) is 4.95. The molecular weight excluding hydrogens is 374 g/mol. The Hall–Kier alpha value is -2.65. The number of hydrogen-bond donors (Lipinski definition) is 2. The minimum absolute atomic E-state index is 0.192. The van der Waals surface area contributed by atoms with Gasteiger partial charge in [-0.25, -0.2) is 8.42 Å². The fourth-order valence-electron chi connectivity index (χ4n) is 2.37. The van der Waals surface area contributed by atoms with Crippen molar-refractivity contribution in [1.82, 2.24) is 5.16 Å². The molecule has 2 heterocycles. The maximum atomic E-state index is 12.7. The van der Waals surface area contributed by atoms with E-state index in [1.165, 1.54) is 18.3 Å². The largest absolute Gasteiger partial charge is 0.355 e. The minimum Gasteiger partial charge on any atom is -0.355 e. The molecule has 0 spiro atoms. The van der Waals surface area contributed by atoms with E-state index in [1.54, 1.807) is 50.2 Å². The molecule has 0 aliphatic heterocycles. The molecule has 0 unspecified atom stereocenters. The van der Waals surface area contributed by atoms with Crippen LogP contribution in [0.4, 0.5) is 11.4 Å². The highest BCUT2D eigenvalue weighted by Crippen LogP contribution is 2.34.